The lowest BCUT2D eigenvalue weighted by Crippen LogP contribution is -2.39. The fourth-order valence-corrected chi connectivity index (χ4v) is 3.96. The van der Waals surface area contributed by atoms with Gasteiger partial charge in [-0.05, 0) is 51.7 Å². The van der Waals surface area contributed by atoms with Gasteiger partial charge in [-0.3, -0.25) is 0 Å². The topological polar surface area (TPSA) is 61.4 Å². The van der Waals surface area contributed by atoms with Crippen LogP contribution in [0.15, 0.2) is 23.1 Å². The van der Waals surface area contributed by atoms with Crippen molar-refractivity contribution in [1.29, 1.82) is 0 Å². The van der Waals surface area contributed by atoms with E-state index in [1.165, 1.54) is 0 Å². The van der Waals surface area contributed by atoms with Gasteiger partial charge in [-0.2, -0.15) is 0 Å². The third-order valence-corrected chi connectivity index (χ3v) is 4.85. The van der Waals surface area contributed by atoms with Crippen LogP contribution in [-0.2, 0) is 23.0 Å². The zero-order valence-electron chi connectivity index (χ0n) is 13.6. The number of sulfonamides is 1. The molecule has 0 bridgehead atoms. The molecule has 0 aliphatic heterocycles. The van der Waals surface area contributed by atoms with Crippen molar-refractivity contribution in [2.24, 2.45) is 0 Å². The Hall–Kier alpha value is -0.950. The fraction of sp³-hybridized carbons (Fsp3) is 0.600. The van der Waals surface area contributed by atoms with Gasteiger partial charge in [0.05, 0.1) is 4.90 Å². The Balaban J connectivity index is 3.07. The van der Waals surface area contributed by atoms with E-state index in [0.29, 0.717) is 24.4 Å². The van der Waals surface area contributed by atoms with Crippen LogP contribution in [0.2, 0.25) is 0 Å². The fourth-order valence-electron chi connectivity index (χ4n) is 2.37. The molecule has 1 aromatic carbocycles. The van der Waals surface area contributed by atoms with E-state index in [9.17, 15) is 8.42 Å². The van der Waals surface area contributed by atoms with Gasteiger partial charge in [-0.25, -0.2) is 13.1 Å². The molecule has 0 heterocycles. The zero-order valence-corrected chi connectivity index (χ0v) is 14.4. The quantitative estimate of drug-likeness (QED) is 0.757. The van der Waals surface area contributed by atoms with Gasteiger partial charge in [0.1, 0.15) is 0 Å². The summed E-state index contributed by atoms with van der Waals surface area (Å²) in [7, 11) is 2.21. The largest absolute Gasteiger partial charge is 0.316 e. The summed E-state index contributed by atoms with van der Waals surface area (Å²) in [6.45, 7) is 5.16. The Bertz CT molecular complexity index is 556. The Labute approximate surface area is 128 Å². The summed E-state index contributed by atoms with van der Waals surface area (Å²) in [6.07, 6.45) is 0.693. The molecule has 2 N–H and O–H groups in total. The maximum atomic E-state index is 12.6. The lowest BCUT2D eigenvalue weighted by atomic mass is 10.1. The molecule has 6 heteroatoms. The predicted octanol–water partition coefficient (Wildman–Crippen LogP) is 1.20. The van der Waals surface area contributed by atoms with E-state index in [4.69, 9.17) is 0 Å². The molecule has 0 saturated heterocycles. The number of benzene rings is 1. The van der Waals surface area contributed by atoms with Crippen LogP contribution in [0, 0.1) is 0 Å². The highest BCUT2D eigenvalue weighted by Crippen LogP contribution is 2.19. The van der Waals surface area contributed by atoms with E-state index in [1.807, 2.05) is 52.0 Å². The first kappa shape index (κ1) is 18.1. The number of nitrogens with one attached hydrogen (secondary N) is 2. The van der Waals surface area contributed by atoms with Crippen molar-refractivity contribution in [2.45, 2.75) is 37.8 Å². The van der Waals surface area contributed by atoms with Crippen molar-refractivity contribution in [1.82, 2.24) is 14.9 Å². The van der Waals surface area contributed by atoms with Gasteiger partial charge in [-0.1, -0.05) is 19.1 Å². The number of likely N-dealkylation sites (N-methyl/N-ethyl adjacent to an activating group) is 1. The third kappa shape index (κ3) is 5.39. The summed E-state index contributed by atoms with van der Waals surface area (Å²) in [5, 5.41) is 3.05. The highest BCUT2D eigenvalue weighted by molar-refractivity contribution is 7.89. The average molecular weight is 313 g/mol. The van der Waals surface area contributed by atoms with Gasteiger partial charge in [0.15, 0.2) is 0 Å². The number of aryl methyl sites for hydroxylation is 1. The second kappa shape index (κ2) is 7.89. The highest BCUT2D eigenvalue weighted by Gasteiger charge is 2.21. The van der Waals surface area contributed by atoms with Gasteiger partial charge in [0.2, 0.25) is 10.0 Å². The monoisotopic (exact) mass is 313 g/mol. The maximum Gasteiger partial charge on any atom is 0.241 e. The molecular weight excluding hydrogens is 286 g/mol. The minimum Gasteiger partial charge on any atom is -0.316 e. The molecule has 0 amide bonds. The molecule has 0 spiro atoms. The Kier molecular flexibility index (Phi) is 6.80. The van der Waals surface area contributed by atoms with Gasteiger partial charge >= 0.3 is 0 Å². The number of hydrogen-bond acceptors (Lipinski definition) is 4. The highest BCUT2D eigenvalue weighted by atomic mass is 32.2. The van der Waals surface area contributed by atoms with Crippen LogP contribution in [0.25, 0.3) is 0 Å². The predicted molar refractivity (Wildman–Crippen MR) is 86.9 cm³/mol. The second-order valence-corrected chi connectivity index (χ2v) is 7.29. The number of rotatable bonds is 8. The molecule has 0 saturated carbocycles. The SMILES string of the molecule is CCc1ccc(CNC)cc1S(=O)(=O)NC(C)CN(C)C. The van der Waals surface area contributed by atoms with Crippen LogP contribution in [0.4, 0.5) is 0 Å². The van der Waals surface area contributed by atoms with Crippen LogP contribution in [-0.4, -0.2) is 47.0 Å². The lowest BCUT2D eigenvalue weighted by molar-refractivity contribution is 0.370. The zero-order chi connectivity index (χ0) is 16.0. The van der Waals surface area contributed by atoms with E-state index >= 15 is 0 Å². The molecule has 1 unspecified atom stereocenters. The summed E-state index contributed by atoms with van der Waals surface area (Å²) in [6, 6.07) is 5.50. The van der Waals surface area contributed by atoms with Crippen molar-refractivity contribution >= 4 is 10.0 Å². The molecule has 0 aliphatic rings. The molecule has 0 fully saturated rings. The molecule has 21 heavy (non-hydrogen) atoms. The van der Waals surface area contributed by atoms with E-state index in [2.05, 4.69) is 10.0 Å². The normalized spacial score (nSPS) is 13.6. The van der Waals surface area contributed by atoms with Crippen molar-refractivity contribution in [3.63, 3.8) is 0 Å². The minimum atomic E-state index is -3.49. The molecule has 1 aromatic rings. The summed E-state index contributed by atoms with van der Waals surface area (Å²) in [5.41, 5.74) is 1.81. The molecular formula is C15H27N3O2S. The van der Waals surface area contributed by atoms with Crippen molar-refractivity contribution in [3.05, 3.63) is 29.3 Å². The van der Waals surface area contributed by atoms with Crippen LogP contribution in [0.5, 0.6) is 0 Å². The molecule has 120 valence electrons. The van der Waals surface area contributed by atoms with Crippen molar-refractivity contribution in [3.8, 4) is 0 Å². The molecule has 5 nitrogen and oxygen atoms in total. The van der Waals surface area contributed by atoms with E-state index < -0.39 is 10.0 Å². The van der Waals surface area contributed by atoms with Crippen molar-refractivity contribution < 1.29 is 8.42 Å². The first-order chi connectivity index (χ1) is 9.80. The van der Waals surface area contributed by atoms with E-state index in [1.54, 1.807) is 6.07 Å². The molecule has 1 rings (SSSR count). The lowest BCUT2D eigenvalue weighted by Gasteiger charge is -2.19. The summed E-state index contributed by atoms with van der Waals surface area (Å²) < 4.78 is 28.0. The number of nitrogens with zero attached hydrogens (tertiary/aromatic N) is 1. The first-order valence-corrected chi connectivity index (χ1v) is 8.72. The summed E-state index contributed by atoms with van der Waals surface area (Å²) >= 11 is 0. The number of hydrogen-bond donors (Lipinski definition) is 2. The molecule has 0 radical (unpaired) electrons. The Morgan fingerprint density at radius 3 is 2.48 bits per heavy atom. The van der Waals surface area contributed by atoms with Gasteiger partial charge < -0.3 is 10.2 Å². The minimum absolute atomic E-state index is 0.136. The van der Waals surface area contributed by atoms with Gasteiger partial charge in [-0.15, -0.1) is 0 Å². The summed E-state index contributed by atoms with van der Waals surface area (Å²) in [4.78, 5) is 2.36. The van der Waals surface area contributed by atoms with Crippen LogP contribution in [0.1, 0.15) is 25.0 Å². The van der Waals surface area contributed by atoms with E-state index in [-0.39, 0.29) is 6.04 Å². The molecule has 0 aliphatic carbocycles. The summed E-state index contributed by atoms with van der Waals surface area (Å²) in [5.74, 6) is 0. The maximum absolute atomic E-state index is 12.6. The smallest absolute Gasteiger partial charge is 0.241 e. The Morgan fingerprint density at radius 2 is 1.95 bits per heavy atom. The van der Waals surface area contributed by atoms with Crippen LogP contribution >= 0.6 is 0 Å². The van der Waals surface area contributed by atoms with E-state index in [0.717, 1.165) is 11.1 Å². The van der Waals surface area contributed by atoms with Gasteiger partial charge in [0.25, 0.3) is 0 Å². The second-order valence-electron chi connectivity index (χ2n) is 5.61. The standard InChI is InChI=1S/C15H27N3O2S/c1-6-14-8-7-13(10-16-3)9-15(14)21(19,20)17-12(2)11-18(4)5/h7-9,12,16-17H,6,10-11H2,1-5H3. The third-order valence-electron chi connectivity index (χ3n) is 3.18. The first-order valence-electron chi connectivity index (χ1n) is 7.23. The molecule has 1 atom stereocenters. The Morgan fingerprint density at radius 1 is 1.29 bits per heavy atom. The van der Waals surface area contributed by atoms with Crippen molar-refractivity contribution in [2.75, 3.05) is 27.7 Å². The average Bonchev–Trinajstić information content (AvgIpc) is 2.37. The van der Waals surface area contributed by atoms with Crippen LogP contribution in [0.3, 0.4) is 0 Å². The van der Waals surface area contributed by atoms with Gasteiger partial charge in [0, 0.05) is 19.1 Å². The molecule has 0 aromatic heterocycles. The van der Waals surface area contributed by atoms with Crippen LogP contribution < -0.4 is 10.0 Å².